The van der Waals surface area contributed by atoms with E-state index in [9.17, 15) is 4.39 Å². The zero-order valence-corrected chi connectivity index (χ0v) is 10.3. The van der Waals surface area contributed by atoms with E-state index in [2.05, 4.69) is 11.8 Å². The van der Waals surface area contributed by atoms with Crippen LogP contribution in [0.4, 0.5) is 4.39 Å². The predicted molar refractivity (Wildman–Crippen MR) is 71.1 cm³/mol. The molecule has 0 aliphatic carbocycles. The Balaban J connectivity index is 2.03. The van der Waals surface area contributed by atoms with Crippen molar-refractivity contribution in [3.8, 4) is 17.6 Å². The normalized spacial score (nSPS) is 9.58. The third-order valence-corrected chi connectivity index (χ3v) is 2.44. The maximum atomic E-state index is 13.0. The van der Waals surface area contributed by atoms with Crippen molar-refractivity contribution in [3.05, 3.63) is 65.5 Å². The molecule has 2 nitrogen and oxygen atoms in total. The highest BCUT2D eigenvalue weighted by Crippen LogP contribution is 2.15. The summed E-state index contributed by atoms with van der Waals surface area (Å²) in [6.07, 6.45) is 0. The van der Waals surface area contributed by atoms with E-state index in [-0.39, 0.29) is 12.4 Å². The topological polar surface area (TPSA) is 29.5 Å². The maximum absolute atomic E-state index is 13.0. The quantitative estimate of drug-likeness (QED) is 0.856. The second kappa shape index (κ2) is 6.58. The molecule has 0 atom stereocenters. The van der Waals surface area contributed by atoms with Crippen LogP contribution in [-0.4, -0.2) is 11.7 Å². The summed E-state index contributed by atoms with van der Waals surface area (Å²) in [6, 6.07) is 13.5. The number of aliphatic hydroxyl groups is 1. The van der Waals surface area contributed by atoms with Crippen LogP contribution in [0.25, 0.3) is 0 Å². The van der Waals surface area contributed by atoms with E-state index in [4.69, 9.17) is 9.84 Å². The fraction of sp³-hybridized carbons (Fsp3) is 0.125. The summed E-state index contributed by atoms with van der Waals surface area (Å²) in [5, 5.41) is 8.63. The summed E-state index contributed by atoms with van der Waals surface area (Å²) in [7, 11) is 0. The Morgan fingerprint density at radius 2 is 1.95 bits per heavy atom. The number of aliphatic hydroxyl groups excluding tert-OH is 1. The molecule has 0 aliphatic rings. The molecule has 0 saturated heterocycles. The van der Waals surface area contributed by atoms with Crippen molar-refractivity contribution >= 4 is 0 Å². The summed E-state index contributed by atoms with van der Waals surface area (Å²) in [6.45, 7) is 0.128. The van der Waals surface area contributed by atoms with Gasteiger partial charge in [0.2, 0.25) is 0 Å². The molecule has 19 heavy (non-hydrogen) atoms. The Bertz CT molecular complexity index is 611. The van der Waals surface area contributed by atoms with Gasteiger partial charge in [0.1, 0.15) is 24.8 Å². The van der Waals surface area contributed by atoms with E-state index in [1.165, 1.54) is 12.1 Å². The standard InChI is InChI=1S/C16H13FO2/c17-15-7-1-5-14(10-15)12-19-16-8-2-4-13(11-16)6-3-9-18/h1-2,4-5,7-8,10-11,18H,9,12H2. The molecule has 0 aliphatic heterocycles. The molecule has 0 unspecified atom stereocenters. The van der Waals surface area contributed by atoms with Crippen LogP contribution in [0.15, 0.2) is 48.5 Å². The van der Waals surface area contributed by atoms with Crippen molar-refractivity contribution < 1.29 is 14.2 Å². The number of hydrogen-bond donors (Lipinski definition) is 1. The first-order chi connectivity index (χ1) is 9.28. The molecule has 0 saturated carbocycles. The van der Waals surface area contributed by atoms with Gasteiger partial charge in [-0.15, -0.1) is 0 Å². The molecule has 1 N–H and O–H groups in total. The summed E-state index contributed by atoms with van der Waals surface area (Å²) >= 11 is 0. The van der Waals surface area contributed by atoms with Crippen LogP contribution in [0, 0.1) is 17.7 Å². The van der Waals surface area contributed by atoms with Gasteiger partial charge in [-0.25, -0.2) is 4.39 Å². The molecular formula is C16H13FO2. The zero-order valence-electron chi connectivity index (χ0n) is 10.3. The number of halogens is 1. The van der Waals surface area contributed by atoms with Gasteiger partial charge in [0, 0.05) is 5.56 Å². The van der Waals surface area contributed by atoms with E-state index in [0.29, 0.717) is 12.4 Å². The van der Waals surface area contributed by atoms with Gasteiger partial charge in [0.25, 0.3) is 0 Å². The van der Waals surface area contributed by atoms with E-state index in [1.807, 2.05) is 18.2 Å². The van der Waals surface area contributed by atoms with Crippen LogP contribution in [0.2, 0.25) is 0 Å². The first-order valence-corrected chi connectivity index (χ1v) is 5.85. The van der Waals surface area contributed by atoms with Gasteiger partial charge in [-0.3, -0.25) is 0 Å². The minimum absolute atomic E-state index is 0.172. The average Bonchev–Trinajstić information content (AvgIpc) is 2.43. The molecule has 0 bridgehead atoms. The Morgan fingerprint density at radius 1 is 1.11 bits per heavy atom. The summed E-state index contributed by atoms with van der Waals surface area (Å²) < 4.78 is 18.6. The van der Waals surface area contributed by atoms with E-state index >= 15 is 0 Å². The lowest BCUT2D eigenvalue weighted by Gasteiger charge is -2.06. The Hall–Kier alpha value is -2.31. The lowest BCUT2D eigenvalue weighted by molar-refractivity contribution is 0.305. The van der Waals surface area contributed by atoms with Gasteiger partial charge in [0.05, 0.1) is 0 Å². The molecule has 3 heteroatoms. The fourth-order valence-corrected chi connectivity index (χ4v) is 1.60. The number of rotatable bonds is 3. The Morgan fingerprint density at radius 3 is 2.74 bits per heavy atom. The molecule has 0 aromatic heterocycles. The molecule has 0 spiro atoms. The second-order valence-corrected chi connectivity index (χ2v) is 3.91. The third kappa shape index (κ3) is 4.13. The second-order valence-electron chi connectivity index (χ2n) is 3.91. The molecule has 2 rings (SSSR count). The molecule has 0 radical (unpaired) electrons. The minimum atomic E-state index is -0.274. The number of benzene rings is 2. The minimum Gasteiger partial charge on any atom is -0.489 e. The van der Waals surface area contributed by atoms with Crippen LogP contribution in [0.3, 0.4) is 0 Å². The first-order valence-electron chi connectivity index (χ1n) is 5.85. The van der Waals surface area contributed by atoms with Crippen molar-refractivity contribution in [1.29, 1.82) is 0 Å². The largest absolute Gasteiger partial charge is 0.489 e. The highest BCUT2D eigenvalue weighted by atomic mass is 19.1. The van der Waals surface area contributed by atoms with Crippen LogP contribution in [0.1, 0.15) is 11.1 Å². The number of hydrogen-bond acceptors (Lipinski definition) is 2. The van der Waals surface area contributed by atoms with Crippen molar-refractivity contribution in [3.63, 3.8) is 0 Å². The average molecular weight is 256 g/mol. The van der Waals surface area contributed by atoms with Crippen molar-refractivity contribution in [2.24, 2.45) is 0 Å². The first kappa shape index (κ1) is 13.1. The molecule has 0 heterocycles. The molecule has 0 fully saturated rings. The van der Waals surface area contributed by atoms with Gasteiger partial charge < -0.3 is 9.84 Å². The van der Waals surface area contributed by atoms with Gasteiger partial charge in [0.15, 0.2) is 0 Å². The predicted octanol–water partition coefficient (Wildman–Crippen LogP) is 2.75. The zero-order chi connectivity index (χ0) is 13.5. The Labute approximate surface area is 111 Å². The van der Waals surface area contributed by atoms with Gasteiger partial charge in [-0.05, 0) is 35.9 Å². The van der Waals surface area contributed by atoms with E-state index in [0.717, 1.165) is 11.1 Å². The van der Waals surface area contributed by atoms with E-state index < -0.39 is 0 Å². The summed E-state index contributed by atoms with van der Waals surface area (Å²) in [5.74, 6) is 5.76. The SMILES string of the molecule is OCC#Cc1cccc(OCc2cccc(F)c2)c1. The van der Waals surface area contributed by atoms with Crippen LogP contribution < -0.4 is 4.74 Å². The van der Waals surface area contributed by atoms with Crippen LogP contribution >= 0.6 is 0 Å². The molecule has 0 amide bonds. The van der Waals surface area contributed by atoms with Gasteiger partial charge >= 0.3 is 0 Å². The van der Waals surface area contributed by atoms with Crippen LogP contribution in [-0.2, 0) is 6.61 Å². The monoisotopic (exact) mass is 256 g/mol. The van der Waals surface area contributed by atoms with Gasteiger partial charge in [-0.2, -0.15) is 0 Å². The maximum Gasteiger partial charge on any atom is 0.123 e. The Kier molecular flexibility index (Phi) is 4.54. The number of ether oxygens (including phenoxy) is 1. The summed E-state index contributed by atoms with van der Waals surface area (Å²) in [4.78, 5) is 0. The fourth-order valence-electron chi connectivity index (χ4n) is 1.60. The molecule has 96 valence electrons. The van der Waals surface area contributed by atoms with Crippen LogP contribution in [0.5, 0.6) is 5.75 Å². The smallest absolute Gasteiger partial charge is 0.123 e. The van der Waals surface area contributed by atoms with E-state index in [1.54, 1.807) is 18.2 Å². The lowest BCUT2D eigenvalue weighted by atomic mass is 10.2. The van der Waals surface area contributed by atoms with Crippen molar-refractivity contribution in [2.75, 3.05) is 6.61 Å². The highest BCUT2D eigenvalue weighted by Gasteiger charge is 1.98. The van der Waals surface area contributed by atoms with Crippen molar-refractivity contribution in [2.45, 2.75) is 6.61 Å². The van der Waals surface area contributed by atoms with Gasteiger partial charge in [-0.1, -0.05) is 30.0 Å². The van der Waals surface area contributed by atoms with Crippen molar-refractivity contribution in [1.82, 2.24) is 0 Å². The lowest BCUT2D eigenvalue weighted by Crippen LogP contribution is -1.96. The highest BCUT2D eigenvalue weighted by molar-refractivity contribution is 5.39. The third-order valence-electron chi connectivity index (χ3n) is 2.44. The summed E-state index contributed by atoms with van der Waals surface area (Å²) in [5.41, 5.74) is 1.54. The molecular weight excluding hydrogens is 243 g/mol. The molecule has 2 aromatic rings. The molecule has 2 aromatic carbocycles.